The second kappa shape index (κ2) is 5.74. The molecule has 0 heterocycles. The first-order valence-corrected chi connectivity index (χ1v) is 3.63. The summed E-state index contributed by atoms with van der Waals surface area (Å²) in [5.41, 5.74) is -0.140. The molecule has 0 spiro atoms. The third-order valence-corrected chi connectivity index (χ3v) is 1.49. The van der Waals surface area contributed by atoms with Crippen LogP contribution in [0.15, 0.2) is 16.3 Å². The van der Waals surface area contributed by atoms with E-state index in [-0.39, 0.29) is 11.1 Å². The Morgan fingerprint density at radius 3 is 2.07 bits per heavy atom. The van der Waals surface area contributed by atoms with E-state index in [0.717, 1.165) is 13.3 Å². The Hall–Kier alpha value is -1.85. The van der Waals surface area contributed by atoms with Crippen molar-refractivity contribution >= 4 is 18.2 Å². The van der Waals surface area contributed by atoms with Crippen LogP contribution < -0.4 is 0 Å². The standard InChI is InChI=1S/C8H11NO5/c1-5(7(10)13-2)6(4-9-12)8(11)14-3/h4,12H,1-3H3/b6-5+,9-4+. The Labute approximate surface area is 80.8 Å². The molecule has 0 radical (unpaired) electrons. The van der Waals surface area contributed by atoms with Gasteiger partial charge in [-0.15, -0.1) is 0 Å². The van der Waals surface area contributed by atoms with Gasteiger partial charge in [0.2, 0.25) is 0 Å². The monoisotopic (exact) mass is 201 g/mol. The maximum atomic E-state index is 11.1. The van der Waals surface area contributed by atoms with Gasteiger partial charge in [-0.25, -0.2) is 9.59 Å². The van der Waals surface area contributed by atoms with E-state index in [0.29, 0.717) is 0 Å². The summed E-state index contributed by atoms with van der Waals surface area (Å²) in [5, 5.41) is 10.9. The molecule has 6 nitrogen and oxygen atoms in total. The smallest absolute Gasteiger partial charge is 0.340 e. The van der Waals surface area contributed by atoms with Crippen molar-refractivity contribution in [1.29, 1.82) is 0 Å². The molecule has 0 atom stereocenters. The summed E-state index contributed by atoms with van der Waals surface area (Å²) in [5.74, 6) is -1.46. The third kappa shape index (κ3) is 2.89. The Bertz CT molecular complexity index is 292. The lowest BCUT2D eigenvalue weighted by Crippen LogP contribution is -2.13. The van der Waals surface area contributed by atoms with Gasteiger partial charge in [-0.05, 0) is 6.92 Å². The number of hydrogen-bond donors (Lipinski definition) is 1. The summed E-state index contributed by atoms with van der Waals surface area (Å²) >= 11 is 0. The molecule has 0 aromatic carbocycles. The van der Waals surface area contributed by atoms with E-state index in [4.69, 9.17) is 5.21 Å². The Morgan fingerprint density at radius 1 is 1.21 bits per heavy atom. The van der Waals surface area contributed by atoms with Crippen molar-refractivity contribution in [1.82, 2.24) is 0 Å². The average molecular weight is 201 g/mol. The fourth-order valence-corrected chi connectivity index (χ4v) is 0.733. The van der Waals surface area contributed by atoms with E-state index < -0.39 is 11.9 Å². The zero-order chi connectivity index (χ0) is 11.1. The van der Waals surface area contributed by atoms with Crippen LogP contribution in [0.2, 0.25) is 0 Å². The molecule has 0 unspecified atom stereocenters. The molecule has 78 valence electrons. The molecule has 0 bridgehead atoms. The number of carbonyl (C=O) groups excluding carboxylic acids is 2. The van der Waals surface area contributed by atoms with Crippen molar-refractivity contribution in [2.75, 3.05) is 14.2 Å². The number of ether oxygens (including phenoxy) is 2. The molecule has 6 heteroatoms. The predicted molar refractivity (Wildman–Crippen MR) is 47.0 cm³/mol. The van der Waals surface area contributed by atoms with Crippen molar-refractivity contribution < 1.29 is 24.3 Å². The lowest BCUT2D eigenvalue weighted by molar-refractivity contribution is -0.138. The quantitative estimate of drug-likeness (QED) is 0.230. The van der Waals surface area contributed by atoms with Gasteiger partial charge in [0.05, 0.1) is 31.6 Å². The number of rotatable bonds is 3. The Kier molecular flexibility index (Phi) is 4.98. The van der Waals surface area contributed by atoms with Crippen molar-refractivity contribution in [3.63, 3.8) is 0 Å². The van der Waals surface area contributed by atoms with Crippen LogP contribution in [0.3, 0.4) is 0 Å². The second-order valence-corrected chi connectivity index (χ2v) is 2.27. The van der Waals surface area contributed by atoms with E-state index in [1.807, 2.05) is 0 Å². The van der Waals surface area contributed by atoms with E-state index in [9.17, 15) is 9.59 Å². The summed E-state index contributed by atoms with van der Waals surface area (Å²) in [7, 11) is 2.33. The Balaban J connectivity index is 5.15. The molecule has 0 saturated heterocycles. The highest BCUT2D eigenvalue weighted by Crippen LogP contribution is 2.05. The summed E-state index contributed by atoms with van der Waals surface area (Å²) < 4.78 is 8.76. The molecule has 0 aliphatic rings. The molecule has 0 saturated carbocycles. The van der Waals surface area contributed by atoms with Gasteiger partial charge in [-0.3, -0.25) is 0 Å². The van der Waals surface area contributed by atoms with Crippen molar-refractivity contribution in [2.24, 2.45) is 5.16 Å². The molecule has 0 rings (SSSR count). The van der Waals surface area contributed by atoms with Crippen LogP contribution in [-0.4, -0.2) is 37.6 Å². The van der Waals surface area contributed by atoms with Crippen LogP contribution >= 0.6 is 0 Å². The van der Waals surface area contributed by atoms with Crippen molar-refractivity contribution in [3.05, 3.63) is 11.1 Å². The summed E-state index contributed by atoms with van der Waals surface area (Å²) in [6, 6.07) is 0. The summed E-state index contributed by atoms with van der Waals surface area (Å²) in [6.45, 7) is 1.36. The van der Waals surface area contributed by atoms with Gasteiger partial charge in [0.25, 0.3) is 0 Å². The van der Waals surface area contributed by atoms with Gasteiger partial charge in [0, 0.05) is 0 Å². The minimum atomic E-state index is -0.773. The number of nitrogens with zero attached hydrogens (tertiary/aromatic N) is 1. The van der Waals surface area contributed by atoms with Gasteiger partial charge in [0.15, 0.2) is 0 Å². The molecule has 1 N–H and O–H groups in total. The first-order chi connectivity index (χ1) is 6.58. The van der Waals surface area contributed by atoms with Gasteiger partial charge in [0.1, 0.15) is 0 Å². The SMILES string of the molecule is COC(=O)/C(C)=C(\C=N\O)C(=O)OC. The molecule has 0 aliphatic carbocycles. The number of oxime groups is 1. The average Bonchev–Trinajstić information content (AvgIpc) is 2.22. The lowest BCUT2D eigenvalue weighted by atomic mass is 10.1. The van der Waals surface area contributed by atoms with Crippen molar-refractivity contribution in [2.45, 2.75) is 6.92 Å². The molecule has 0 amide bonds. The van der Waals surface area contributed by atoms with Gasteiger partial charge in [-0.2, -0.15) is 0 Å². The third-order valence-electron chi connectivity index (χ3n) is 1.49. The van der Waals surface area contributed by atoms with Crippen LogP contribution in [0.1, 0.15) is 6.92 Å². The first kappa shape index (κ1) is 12.2. The van der Waals surface area contributed by atoms with E-state index in [1.165, 1.54) is 14.0 Å². The van der Waals surface area contributed by atoms with Gasteiger partial charge in [-0.1, -0.05) is 5.16 Å². The number of hydrogen-bond acceptors (Lipinski definition) is 6. The van der Waals surface area contributed by atoms with Crippen molar-refractivity contribution in [3.8, 4) is 0 Å². The zero-order valence-corrected chi connectivity index (χ0v) is 8.10. The topological polar surface area (TPSA) is 85.2 Å². The molecular weight excluding hydrogens is 190 g/mol. The highest BCUT2D eigenvalue weighted by atomic mass is 16.5. The Morgan fingerprint density at radius 2 is 1.71 bits per heavy atom. The fraction of sp³-hybridized carbons (Fsp3) is 0.375. The largest absolute Gasteiger partial charge is 0.466 e. The second-order valence-electron chi connectivity index (χ2n) is 2.27. The highest BCUT2D eigenvalue weighted by Gasteiger charge is 2.16. The van der Waals surface area contributed by atoms with Crippen LogP contribution in [-0.2, 0) is 19.1 Å². The molecule has 0 aromatic rings. The molecule has 14 heavy (non-hydrogen) atoms. The van der Waals surface area contributed by atoms with Crippen LogP contribution in [0.4, 0.5) is 0 Å². The summed E-state index contributed by atoms with van der Waals surface area (Å²) in [6.07, 6.45) is 0.818. The highest BCUT2D eigenvalue weighted by molar-refractivity contribution is 6.14. The maximum absolute atomic E-state index is 11.1. The molecular formula is C8H11NO5. The minimum Gasteiger partial charge on any atom is -0.466 e. The maximum Gasteiger partial charge on any atom is 0.340 e. The summed E-state index contributed by atoms with van der Waals surface area (Å²) in [4.78, 5) is 22.1. The number of carbonyl (C=O) groups is 2. The fourth-order valence-electron chi connectivity index (χ4n) is 0.733. The van der Waals surface area contributed by atoms with E-state index >= 15 is 0 Å². The van der Waals surface area contributed by atoms with Gasteiger partial charge < -0.3 is 14.7 Å². The van der Waals surface area contributed by atoms with E-state index in [1.54, 1.807) is 0 Å². The number of esters is 2. The zero-order valence-electron chi connectivity index (χ0n) is 8.10. The molecule has 0 fully saturated rings. The molecule has 0 aliphatic heterocycles. The predicted octanol–water partition coefficient (Wildman–Crippen LogP) is 0.109. The normalized spacial score (nSPS) is 12.2. The van der Waals surface area contributed by atoms with Crippen LogP contribution in [0, 0.1) is 0 Å². The van der Waals surface area contributed by atoms with Crippen LogP contribution in [0.5, 0.6) is 0 Å². The van der Waals surface area contributed by atoms with Crippen LogP contribution in [0.25, 0.3) is 0 Å². The molecule has 0 aromatic heterocycles. The number of methoxy groups -OCH3 is 2. The first-order valence-electron chi connectivity index (χ1n) is 3.63. The van der Waals surface area contributed by atoms with E-state index in [2.05, 4.69) is 14.6 Å². The lowest BCUT2D eigenvalue weighted by Gasteiger charge is -2.03. The van der Waals surface area contributed by atoms with Gasteiger partial charge >= 0.3 is 11.9 Å². The minimum absolute atomic E-state index is 0.0113.